The summed E-state index contributed by atoms with van der Waals surface area (Å²) in [5.41, 5.74) is 1.04. The van der Waals surface area contributed by atoms with Crippen LogP contribution in [0.3, 0.4) is 0 Å². The standard InChI is InChI=1S/C18H20Cl2N2O4S/c1-12(14-6-4-5-7-17(14)26-2)21-18(23)11-22(27(3,24)25)13-8-9-15(19)16(20)10-13/h4-10,12H,11H2,1-3H3,(H,21,23)/t12-/m1/s1. The van der Waals surface area contributed by atoms with Crippen LogP contribution in [0.4, 0.5) is 5.69 Å². The lowest BCUT2D eigenvalue weighted by Crippen LogP contribution is -2.41. The second-order valence-electron chi connectivity index (χ2n) is 5.90. The summed E-state index contributed by atoms with van der Waals surface area (Å²) >= 11 is 11.9. The van der Waals surface area contributed by atoms with Crippen LogP contribution < -0.4 is 14.4 Å². The maximum Gasteiger partial charge on any atom is 0.241 e. The van der Waals surface area contributed by atoms with Gasteiger partial charge in [-0.15, -0.1) is 0 Å². The zero-order valence-corrected chi connectivity index (χ0v) is 17.4. The summed E-state index contributed by atoms with van der Waals surface area (Å²) in [5, 5.41) is 3.28. The first-order chi connectivity index (χ1) is 12.6. The number of amides is 1. The molecule has 0 spiro atoms. The van der Waals surface area contributed by atoms with Gasteiger partial charge in [0.1, 0.15) is 12.3 Å². The molecule has 2 rings (SSSR count). The monoisotopic (exact) mass is 430 g/mol. The second kappa shape index (κ2) is 8.82. The molecule has 0 heterocycles. The van der Waals surface area contributed by atoms with Gasteiger partial charge in [-0.1, -0.05) is 41.4 Å². The topological polar surface area (TPSA) is 75.7 Å². The molecule has 1 amide bonds. The van der Waals surface area contributed by atoms with Crippen molar-refractivity contribution in [2.45, 2.75) is 13.0 Å². The molecule has 2 aromatic rings. The van der Waals surface area contributed by atoms with Gasteiger partial charge in [0.2, 0.25) is 15.9 Å². The van der Waals surface area contributed by atoms with Gasteiger partial charge < -0.3 is 10.1 Å². The number of nitrogens with one attached hydrogen (secondary N) is 1. The minimum Gasteiger partial charge on any atom is -0.496 e. The smallest absolute Gasteiger partial charge is 0.241 e. The lowest BCUT2D eigenvalue weighted by Gasteiger charge is -2.24. The SMILES string of the molecule is COc1ccccc1[C@@H](C)NC(=O)CN(c1ccc(Cl)c(Cl)c1)S(C)(=O)=O. The lowest BCUT2D eigenvalue weighted by atomic mass is 10.1. The van der Waals surface area contributed by atoms with E-state index in [0.717, 1.165) is 16.1 Å². The Bertz CT molecular complexity index is 935. The van der Waals surface area contributed by atoms with Crippen LogP contribution in [0.25, 0.3) is 0 Å². The molecule has 0 aliphatic rings. The predicted octanol–water partition coefficient (Wildman–Crippen LogP) is 3.65. The van der Waals surface area contributed by atoms with Crippen molar-refractivity contribution in [3.05, 3.63) is 58.1 Å². The van der Waals surface area contributed by atoms with Gasteiger partial charge in [-0.25, -0.2) is 8.42 Å². The van der Waals surface area contributed by atoms with Gasteiger partial charge in [-0.3, -0.25) is 9.10 Å². The highest BCUT2D eigenvalue weighted by molar-refractivity contribution is 7.92. The van der Waals surface area contributed by atoms with E-state index < -0.39 is 22.5 Å². The Balaban J connectivity index is 2.20. The summed E-state index contributed by atoms with van der Waals surface area (Å²) in [6, 6.07) is 11.3. The number of para-hydroxylation sites is 1. The number of carbonyl (C=O) groups excluding carboxylic acids is 1. The van der Waals surface area contributed by atoms with E-state index in [2.05, 4.69) is 5.32 Å². The average Bonchev–Trinajstić information content (AvgIpc) is 2.61. The van der Waals surface area contributed by atoms with E-state index in [1.807, 2.05) is 18.2 Å². The Morgan fingerprint density at radius 2 is 1.85 bits per heavy atom. The molecular weight excluding hydrogens is 411 g/mol. The van der Waals surface area contributed by atoms with Crippen LogP contribution in [0.5, 0.6) is 5.75 Å². The summed E-state index contributed by atoms with van der Waals surface area (Å²) in [7, 11) is -2.17. The summed E-state index contributed by atoms with van der Waals surface area (Å²) in [4.78, 5) is 12.5. The van der Waals surface area contributed by atoms with Crippen LogP contribution in [-0.4, -0.2) is 34.2 Å². The van der Waals surface area contributed by atoms with Gasteiger partial charge in [0.05, 0.1) is 35.1 Å². The fourth-order valence-corrected chi connectivity index (χ4v) is 3.70. The normalized spacial score (nSPS) is 12.3. The molecule has 1 N–H and O–H groups in total. The number of methoxy groups -OCH3 is 1. The first-order valence-electron chi connectivity index (χ1n) is 7.98. The Morgan fingerprint density at radius 3 is 2.44 bits per heavy atom. The number of hydrogen-bond acceptors (Lipinski definition) is 4. The molecule has 0 saturated heterocycles. The van der Waals surface area contributed by atoms with Gasteiger partial charge in [0.25, 0.3) is 0 Å². The van der Waals surface area contributed by atoms with Crippen molar-refractivity contribution >= 4 is 44.8 Å². The first kappa shape index (κ1) is 21.3. The van der Waals surface area contributed by atoms with E-state index in [0.29, 0.717) is 10.8 Å². The Labute approximate surface area is 169 Å². The van der Waals surface area contributed by atoms with Gasteiger partial charge >= 0.3 is 0 Å². The number of nitrogens with zero attached hydrogens (tertiary/aromatic N) is 1. The zero-order chi connectivity index (χ0) is 20.2. The van der Waals surface area contributed by atoms with Crippen LogP contribution in [-0.2, 0) is 14.8 Å². The van der Waals surface area contributed by atoms with Gasteiger partial charge in [-0.2, -0.15) is 0 Å². The van der Waals surface area contributed by atoms with Crippen molar-refractivity contribution < 1.29 is 17.9 Å². The molecule has 146 valence electrons. The largest absolute Gasteiger partial charge is 0.496 e. The number of rotatable bonds is 7. The summed E-state index contributed by atoms with van der Waals surface area (Å²) in [5.74, 6) is 0.166. The van der Waals surface area contributed by atoms with Crippen LogP contribution in [0.1, 0.15) is 18.5 Å². The van der Waals surface area contributed by atoms with Crippen molar-refractivity contribution in [2.24, 2.45) is 0 Å². The van der Waals surface area contributed by atoms with E-state index in [1.165, 1.54) is 18.2 Å². The third-order valence-electron chi connectivity index (χ3n) is 3.86. The molecule has 27 heavy (non-hydrogen) atoms. The van der Waals surface area contributed by atoms with Crippen molar-refractivity contribution in [2.75, 3.05) is 24.2 Å². The van der Waals surface area contributed by atoms with Crippen molar-refractivity contribution in [1.82, 2.24) is 5.32 Å². The Hall–Kier alpha value is -1.96. The molecule has 9 heteroatoms. The number of carbonyl (C=O) groups is 1. The molecule has 0 unspecified atom stereocenters. The number of halogens is 2. The van der Waals surface area contributed by atoms with Crippen LogP contribution >= 0.6 is 23.2 Å². The number of hydrogen-bond donors (Lipinski definition) is 1. The molecule has 1 atom stereocenters. The Kier molecular flexibility index (Phi) is 6.97. The third kappa shape index (κ3) is 5.51. The number of ether oxygens (including phenoxy) is 1. The van der Waals surface area contributed by atoms with Crippen molar-refractivity contribution in [3.63, 3.8) is 0 Å². The maximum absolute atomic E-state index is 12.5. The number of sulfonamides is 1. The van der Waals surface area contributed by atoms with Crippen LogP contribution in [0.2, 0.25) is 10.0 Å². The molecule has 0 aliphatic heterocycles. The minimum atomic E-state index is -3.71. The third-order valence-corrected chi connectivity index (χ3v) is 5.74. The average molecular weight is 431 g/mol. The fraction of sp³-hybridized carbons (Fsp3) is 0.278. The highest BCUT2D eigenvalue weighted by Gasteiger charge is 2.23. The predicted molar refractivity (Wildman–Crippen MR) is 108 cm³/mol. The second-order valence-corrected chi connectivity index (χ2v) is 8.62. The molecule has 2 aromatic carbocycles. The van der Waals surface area contributed by atoms with Gasteiger partial charge in [-0.05, 0) is 31.2 Å². The quantitative estimate of drug-likeness (QED) is 0.726. The highest BCUT2D eigenvalue weighted by atomic mass is 35.5. The van der Waals surface area contributed by atoms with Gasteiger partial charge in [0.15, 0.2) is 0 Å². The van der Waals surface area contributed by atoms with E-state index >= 15 is 0 Å². The molecule has 0 fully saturated rings. The van der Waals surface area contributed by atoms with E-state index in [9.17, 15) is 13.2 Å². The first-order valence-corrected chi connectivity index (χ1v) is 10.6. The summed E-state index contributed by atoms with van der Waals surface area (Å²) in [6.45, 7) is 1.40. The molecule has 6 nitrogen and oxygen atoms in total. The van der Waals surface area contributed by atoms with E-state index in [1.54, 1.807) is 20.1 Å². The number of benzene rings is 2. The molecule has 0 bridgehead atoms. The van der Waals surface area contributed by atoms with Crippen LogP contribution in [0, 0.1) is 0 Å². The zero-order valence-electron chi connectivity index (χ0n) is 15.1. The lowest BCUT2D eigenvalue weighted by molar-refractivity contribution is -0.120. The summed E-state index contributed by atoms with van der Waals surface area (Å²) in [6.07, 6.45) is 1.02. The molecule has 0 aliphatic carbocycles. The maximum atomic E-state index is 12.5. The summed E-state index contributed by atoms with van der Waals surface area (Å²) < 4.78 is 30.6. The van der Waals surface area contributed by atoms with Crippen molar-refractivity contribution in [1.29, 1.82) is 0 Å². The van der Waals surface area contributed by atoms with E-state index in [-0.39, 0.29) is 16.8 Å². The number of anilines is 1. The molecule has 0 radical (unpaired) electrons. The fourth-order valence-electron chi connectivity index (χ4n) is 2.56. The Morgan fingerprint density at radius 1 is 1.19 bits per heavy atom. The highest BCUT2D eigenvalue weighted by Crippen LogP contribution is 2.28. The minimum absolute atomic E-state index is 0.200. The molecule has 0 saturated carbocycles. The molecule has 0 aromatic heterocycles. The van der Waals surface area contributed by atoms with Gasteiger partial charge in [0, 0.05) is 5.56 Å². The van der Waals surface area contributed by atoms with Crippen molar-refractivity contribution in [3.8, 4) is 5.75 Å². The van der Waals surface area contributed by atoms with E-state index in [4.69, 9.17) is 27.9 Å². The molecular formula is C18H20Cl2N2O4S. The van der Waals surface area contributed by atoms with Crippen LogP contribution in [0.15, 0.2) is 42.5 Å².